The fourth-order valence-electron chi connectivity index (χ4n) is 3.22. The predicted octanol–water partition coefficient (Wildman–Crippen LogP) is 3.22. The standard InChI is InChI=1S/C23H28N4O4S/c1-8-31-16-10-9-14(13(2)28)11-15(16)12-32-19-17-18(24-21(25-19)23(3,4)5)26(6)22(30)27(7)20(17)29/h9-11H,8,12H2,1-7H3. The molecule has 3 aromatic rings. The Morgan fingerprint density at radius 2 is 1.81 bits per heavy atom. The normalized spacial score (nSPS) is 11.7. The van der Waals surface area contributed by atoms with Crippen LogP contribution < -0.4 is 16.0 Å². The summed E-state index contributed by atoms with van der Waals surface area (Å²) in [6.45, 7) is 9.84. The molecule has 0 N–H and O–H groups in total. The third-order valence-corrected chi connectivity index (χ3v) is 6.09. The van der Waals surface area contributed by atoms with Crippen molar-refractivity contribution in [3.8, 4) is 5.75 Å². The zero-order valence-electron chi connectivity index (χ0n) is 19.5. The molecule has 0 aliphatic rings. The molecular formula is C23H28N4O4S. The molecular weight excluding hydrogens is 428 g/mol. The van der Waals surface area contributed by atoms with Gasteiger partial charge in [0.1, 0.15) is 22.0 Å². The number of aryl methyl sites for hydroxylation is 1. The fourth-order valence-corrected chi connectivity index (χ4v) is 4.21. The number of carbonyl (C=O) groups excluding carboxylic acids is 1. The van der Waals surface area contributed by atoms with E-state index in [9.17, 15) is 14.4 Å². The van der Waals surface area contributed by atoms with Crippen LogP contribution in [0.3, 0.4) is 0 Å². The number of ether oxygens (including phenoxy) is 1. The Morgan fingerprint density at radius 1 is 1.12 bits per heavy atom. The highest BCUT2D eigenvalue weighted by molar-refractivity contribution is 7.98. The van der Waals surface area contributed by atoms with E-state index in [0.29, 0.717) is 45.6 Å². The van der Waals surface area contributed by atoms with Gasteiger partial charge in [-0.2, -0.15) is 0 Å². The number of rotatable bonds is 6. The molecule has 9 heteroatoms. The van der Waals surface area contributed by atoms with E-state index in [1.807, 2.05) is 33.8 Å². The van der Waals surface area contributed by atoms with E-state index in [4.69, 9.17) is 9.72 Å². The number of fused-ring (bicyclic) bond motifs is 1. The lowest BCUT2D eigenvalue weighted by Gasteiger charge is -2.19. The third-order valence-electron chi connectivity index (χ3n) is 5.07. The van der Waals surface area contributed by atoms with Crippen molar-refractivity contribution >= 4 is 28.6 Å². The second-order valence-corrected chi connectivity index (χ2v) is 9.57. The van der Waals surface area contributed by atoms with Crippen molar-refractivity contribution < 1.29 is 9.53 Å². The molecule has 0 aliphatic carbocycles. The molecule has 0 spiro atoms. The summed E-state index contributed by atoms with van der Waals surface area (Å²) in [5, 5.41) is 0.792. The number of aromatic nitrogens is 4. The second-order valence-electron chi connectivity index (χ2n) is 8.61. The van der Waals surface area contributed by atoms with Gasteiger partial charge in [0.05, 0.1) is 6.61 Å². The minimum atomic E-state index is -0.440. The van der Waals surface area contributed by atoms with Crippen LogP contribution in [0.1, 0.15) is 56.4 Å². The number of ketones is 1. The van der Waals surface area contributed by atoms with Crippen LogP contribution in [0.15, 0.2) is 32.8 Å². The first-order chi connectivity index (χ1) is 15.0. The summed E-state index contributed by atoms with van der Waals surface area (Å²) in [6.07, 6.45) is 0. The van der Waals surface area contributed by atoms with E-state index in [1.54, 1.807) is 19.2 Å². The first kappa shape index (κ1) is 23.7. The van der Waals surface area contributed by atoms with Gasteiger partial charge in [-0.3, -0.25) is 18.7 Å². The van der Waals surface area contributed by atoms with E-state index in [0.717, 1.165) is 10.1 Å². The smallest absolute Gasteiger partial charge is 0.332 e. The van der Waals surface area contributed by atoms with Crippen molar-refractivity contribution in [2.45, 2.75) is 50.8 Å². The van der Waals surface area contributed by atoms with Crippen LogP contribution in [0, 0.1) is 0 Å². The van der Waals surface area contributed by atoms with Gasteiger partial charge in [0, 0.05) is 36.4 Å². The quantitative estimate of drug-likeness (QED) is 0.319. The lowest BCUT2D eigenvalue weighted by molar-refractivity contribution is 0.101. The lowest BCUT2D eigenvalue weighted by Crippen LogP contribution is -2.38. The molecule has 0 saturated carbocycles. The second kappa shape index (κ2) is 8.90. The molecule has 0 saturated heterocycles. The van der Waals surface area contributed by atoms with Crippen LogP contribution >= 0.6 is 11.8 Å². The van der Waals surface area contributed by atoms with Gasteiger partial charge in [-0.25, -0.2) is 14.8 Å². The van der Waals surface area contributed by atoms with Gasteiger partial charge in [0.25, 0.3) is 5.56 Å². The summed E-state index contributed by atoms with van der Waals surface area (Å²) >= 11 is 1.36. The zero-order valence-corrected chi connectivity index (χ0v) is 20.3. The molecule has 0 radical (unpaired) electrons. The van der Waals surface area contributed by atoms with Gasteiger partial charge in [-0.1, -0.05) is 20.8 Å². The molecule has 8 nitrogen and oxygen atoms in total. The number of carbonyl (C=O) groups is 1. The monoisotopic (exact) mass is 456 g/mol. The fraction of sp³-hybridized carbons (Fsp3) is 0.435. The van der Waals surface area contributed by atoms with Crippen molar-refractivity contribution in [1.82, 2.24) is 19.1 Å². The minimum Gasteiger partial charge on any atom is -0.494 e. The molecule has 0 bridgehead atoms. The summed E-state index contributed by atoms with van der Waals surface area (Å²) < 4.78 is 8.17. The van der Waals surface area contributed by atoms with Gasteiger partial charge < -0.3 is 4.74 Å². The molecule has 32 heavy (non-hydrogen) atoms. The van der Waals surface area contributed by atoms with Crippen LogP contribution in [0.4, 0.5) is 0 Å². The molecule has 0 fully saturated rings. The SMILES string of the molecule is CCOc1ccc(C(C)=O)cc1CSc1nc(C(C)(C)C)nc2c1c(=O)n(C)c(=O)n2C. The minimum absolute atomic E-state index is 0.0364. The first-order valence-corrected chi connectivity index (χ1v) is 11.3. The molecule has 170 valence electrons. The maximum absolute atomic E-state index is 13.0. The predicted molar refractivity (Wildman–Crippen MR) is 126 cm³/mol. The number of nitrogens with zero attached hydrogens (tertiary/aromatic N) is 4. The van der Waals surface area contributed by atoms with Crippen LogP contribution in [0.25, 0.3) is 11.0 Å². The van der Waals surface area contributed by atoms with Gasteiger partial charge in [-0.05, 0) is 32.0 Å². The van der Waals surface area contributed by atoms with E-state index in [-0.39, 0.29) is 11.2 Å². The van der Waals surface area contributed by atoms with Crippen LogP contribution in [0.5, 0.6) is 5.75 Å². The number of Topliss-reactive ketones (excluding diaryl/α,β-unsaturated/α-hetero) is 1. The largest absolute Gasteiger partial charge is 0.494 e. The van der Waals surface area contributed by atoms with Crippen LogP contribution in [-0.2, 0) is 25.3 Å². The molecule has 2 heterocycles. The number of benzene rings is 1. The topological polar surface area (TPSA) is 96.1 Å². The Hall–Kier alpha value is -2.94. The van der Waals surface area contributed by atoms with E-state index in [1.165, 1.54) is 30.3 Å². The molecule has 0 unspecified atom stereocenters. The summed E-state index contributed by atoms with van der Waals surface area (Å²) in [5.41, 5.74) is 0.466. The van der Waals surface area contributed by atoms with Crippen molar-refractivity contribution in [1.29, 1.82) is 0 Å². The molecule has 0 amide bonds. The van der Waals surface area contributed by atoms with Crippen molar-refractivity contribution in [3.63, 3.8) is 0 Å². The summed E-state index contributed by atoms with van der Waals surface area (Å²) in [7, 11) is 3.04. The van der Waals surface area contributed by atoms with Gasteiger partial charge in [-0.15, -0.1) is 11.8 Å². The Labute approximate surface area is 190 Å². The van der Waals surface area contributed by atoms with E-state index >= 15 is 0 Å². The molecule has 0 atom stereocenters. The maximum Gasteiger partial charge on any atom is 0.332 e. The molecule has 3 rings (SSSR count). The zero-order chi connectivity index (χ0) is 23.8. The summed E-state index contributed by atoms with van der Waals surface area (Å²) in [5.74, 6) is 1.61. The molecule has 2 aromatic heterocycles. The lowest BCUT2D eigenvalue weighted by atomic mass is 9.96. The number of thioether (sulfide) groups is 1. The number of hydrogen-bond acceptors (Lipinski definition) is 7. The van der Waals surface area contributed by atoms with Crippen molar-refractivity contribution in [2.75, 3.05) is 6.61 Å². The Bertz CT molecular complexity index is 1320. The van der Waals surface area contributed by atoms with Crippen molar-refractivity contribution in [2.24, 2.45) is 14.1 Å². The van der Waals surface area contributed by atoms with Crippen molar-refractivity contribution in [3.05, 3.63) is 56.0 Å². The Morgan fingerprint density at radius 3 is 2.41 bits per heavy atom. The highest BCUT2D eigenvalue weighted by atomic mass is 32.2. The maximum atomic E-state index is 13.0. The van der Waals surface area contributed by atoms with Gasteiger partial charge in [0.2, 0.25) is 0 Å². The highest BCUT2D eigenvalue weighted by Crippen LogP contribution is 2.32. The van der Waals surface area contributed by atoms with E-state index in [2.05, 4.69) is 4.98 Å². The Kier molecular flexibility index (Phi) is 6.59. The molecule has 0 aliphatic heterocycles. The van der Waals surface area contributed by atoms with Crippen LogP contribution in [0.2, 0.25) is 0 Å². The van der Waals surface area contributed by atoms with Gasteiger partial charge in [0.15, 0.2) is 11.4 Å². The summed E-state index contributed by atoms with van der Waals surface area (Å²) in [6, 6.07) is 5.34. The Balaban J connectivity index is 2.19. The average molecular weight is 457 g/mol. The van der Waals surface area contributed by atoms with E-state index < -0.39 is 11.2 Å². The number of hydrogen-bond donors (Lipinski definition) is 0. The van der Waals surface area contributed by atoms with Crippen LogP contribution in [-0.4, -0.2) is 31.5 Å². The summed E-state index contributed by atoms with van der Waals surface area (Å²) in [4.78, 5) is 46.6. The average Bonchev–Trinajstić information content (AvgIpc) is 2.74. The third kappa shape index (κ3) is 4.48. The van der Waals surface area contributed by atoms with Gasteiger partial charge >= 0.3 is 5.69 Å². The molecule has 1 aromatic carbocycles. The first-order valence-electron chi connectivity index (χ1n) is 10.3. The highest BCUT2D eigenvalue weighted by Gasteiger charge is 2.24.